The van der Waals surface area contributed by atoms with Crippen LogP contribution >= 0.6 is 0 Å². The van der Waals surface area contributed by atoms with Gasteiger partial charge in [0.05, 0.1) is 19.7 Å². The number of benzene rings is 3. The molecule has 8 rings (SSSR count). The number of fused-ring (bicyclic) bond motifs is 2. The van der Waals surface area contributed by atoms with E-state index in [0.717, 1.165) is 93.3 Å². The number of halogens is 3. The number of piperidine rings is 3. The van der Waals surface area contributed by atoms with Gasteiger partial charge in [0.25, 0.3) is 11.8 Å². The van der Waals surface area contributed by atoms with E-state index in [4.69, 9.17) is 19.4 Å². The van der Waals surface area contributed by atoms with Gasteiger partial charge in [-0.25, -0.2) is 14.4 Å². The number of hydrogen-bond donors (Lipinski definition) is 3. The third-order valence-corrected chi connectivity index (χ3v) is 13.7. The van der Waals surface area contributed by atoms with E-state index in [1.165, 1.54) is 23.1 Å². The number of aliphatic hydroxyl groups excluding tert-OH is 1. The monoisotopic (exact) mass is 885 g/mol. The van der Waals surface area contributed by atoms with E-state index in [0.29, 0.717) is 52.3 Å². The normalized spacial score (nSPS) is 19.8. The summed E-state index contributed by atoms with van der Waals surface area (Å²) in [6.07, 6.45) is 6.83. The molecule has 1 aromatic heterocycles. The highest BCUT2D eigenvalue weighted by atomic mass is 19.3. The molecule has 3 fully saturated rings. The zero-order valence-corrected chi connectivity index (χ0v) is 37.0. The SMILES string of the molecule is COc1cc2c(NC(C)c3cccc(C(F)(F)CO)c3)nc(C)nc2c(CCCCN2CCC(N3CCC(c4cc5c(cc4F)C(=O)N(C4CCC(=O)NC4=O)C5)CC3)CC2)c1OC. The molecule has 3 amide bonds. The van der Waals surface area contributed by atoms with Crippen LogP contribution in [0.15, 0.2) is 42.5 Å². The number of unbranched alkanes of at least 4 members (excludes halogenated alkanes) is 1. The fourth-order valence-electron chi connectivity index (χ4n) is 10.2. The van der Waals surface area contributed by atoms with E-state index in [1.807, 2.05) is 26.0 Å². The molecule has 342 valence electrons. The number of rotatable bonds is 15. The third-order valence-electron chi connectivity index (χ3n) is 13.7. The van der Waals surface area contributed by atoms with Crippen molar-refractivity contribution in [2.24, 2.45) is 0 Å². The Hall–Kier alpha value is -5.32. The van der Waals surface area contributed by atoms with Crippen molar-refractivity contribution in [1.29, 1.82) is 0 Å². The fraction of sp³-hybridized carbons (Fsp3) is 0.521. The molecule has 2 atom stereocenters. The highest BCUT2D eigenvalue weighted by Crippen LogP contribution is 2.41. The maximum Gasteiger partial charge on any atom is 0.295 e. The molecule has 13 nitrogen and oxygen atoms in total. The molecule has 0 radical (unpaired) electrons. The predicted molar refractivity (Wildman–Crippen MR) is 235 cm³/mol. The molecule has 16 heteroatoms. The van der Waals surface area contributed by atoms with Crippen molar-refractivity contribution in [3.63, 3.8) is 0 Å². The second kappa shape index (κ2) is 19.0. The second-order valence-corrected chi connectivity index (χ2v) is 17.7. The summed E-state index contributed by atoms with van der Waals surface area (Å²) in [7, 11) is 3.22. The lowest BCUT2D eigenvalue weighted by atomic mass is 9.86. The van der Waals surface area contributed by atoms with Crippen molar-refractivity contribution in [1.82, 2.24) is 30.0 Å². The molecule has 4 aromatic rings. The summed E-state index contributed by atoms with van der Waals surface area (Å²) in [6, 6.07) is 10.4. The average molecular weight is 886 g/mol. The lowest BCUT2D eigenvalue weighted by Gasteiger charge is -2.42. The van der Waals surface area contributed by atoms with Crippen LogP contribution in [0, 0.1) is 12.7 Å². The highest BCUT2D eigenvalue weighted by Gasteiger charge is 2.40. The molecule has 3 saturated heterocycles. The number of alkyl halides is 2. The smallest absolute Gasteiger partial charge is 0.295 e. The summed E-state index contributed by atoms with van der Waals surface area (Å²) in [5.41, 5.74) is 3.73. The zero-order valence-electron chi connectivity index (χ0n) is 37.0. The Balaban J connectivity index is 0.841. The van der Waals surface area contributed by atoms with E-state index in [9.17, 15) is 28.3 Å². The quantitative estimate of drug-likeness (QED) is 0.0858. The molecule has 3 aromatic carbocycles. The second-order valence-electron chi connectivity index (χ2n) is 17.7. The van der Waals surface area contributed by atoms with Gasteiger partial charge in [-0.3, -0.25) is 19.7 Å². The van der Waals surface area contributed by atoms with Crippen LogP contribution in [0.5, 0.6) is 11.5 Å². The Bertz CT molecular complexity index is 2400. The lowest BCUT2D eigenvalue weighted by molar-refractivity contribution is -0.136. The first kappa shape index (κ1) is 45.3. The number of aromatic nitrogens is 2. The lowest BCUT2D eigenvalue weighted by Crippen LogP contribution is -2.52. The summed E-state index contributed by atoms with van der Waals surface area (Å²) in [5.74, 6) is -2.55. The maximum atomic E-state index is 15.6. The van der Waals surface area contributed by atoms with E-state index in [2.05, 4.69) is 20.4 Å². The number of carbonyl (C=O) groups excluding carboxylic acids is 3. The number of methoxy groups -OCH3 is 2. The van der Waals surface area contributed by atoms with Crippen LogP contribution in [-0.4, -0.2) is 113 Å². The number of aliphatic hydroxyl groups is 1. The van der Waals surface area contributed by atoms with Crippen LogP contribution in [0.2, 0.25) is 0 Å². The minimum Gasteiger partial charge on any atom is -0.493 e. The first-order chi connectivity index (χ1) is 30.8. The van der Waals surface area contributed by atoms with Gasteiger partial charge in [-0.1, -0.05) is 24.3 Å². The first-order valence-electron chi connectivity index (χ1n) is 22.5. The van der Waals surface area contributed by atoms with Crippen molar-refractivity contribution in [2.75, 3.05) is 58.9 Å². The van der Waals surface area contributed by atoms with Crippen molar-refractivity contribution in [3.05, 3.63) is 87.5 Å². The topological polar surface area (TPSA) is 149 Å². The van der Waals surface area contributed by atoms with Gasteiger partial charge < -0.3 is 34.6 Å². The Morgan fingerprint density at radius 3 is 2.44 bits per heavy atom. The van der Waals surface area contributed by atoms with E-state index >= 15 is 4.39 Å². The predicted octanol–water partition coefficient (Wildman–Crippen LogP) is 6.78. The van der Waals surface area contributed by atoms with Gasteiger partial charge in [0.1, 0.15) is 30.1 Å². The van der Waals surface area contributed by atoms with Crippen LogP contribution in [-0.2, 0) is 28.5 Å². The summed E-state index contributed by atoms with van der Waals surface area (Å²) < 4.78 is 56.0. The number of imide groups is 1. The Labute approximate surface area is 371 Å². The van der Waals surface area contributed by atoms with Gasteiger partial charge in [0, 0.05) is 47.1 Å². The number of anilines is 1. The Kier molecular flexibility index (Phi) is 13.5. The summed E-state index contributed by atoms with van der Waals surface area (Å²) in [5, 5.41) is 15.7. The molecule has 5 heterocycles. The number of nitrogens with one attached hydrogen (secondary N) is 2. The number of aryl methyl sites for hydroxylation is 2. The van der Waals surface area contributed by atoms with Gasteiger partial charge in [-0.2, -0.15) is 8.78 Å². The van der Waals surface area contributed by atoms with Crippen molar-refractivity contribution in [2.45, 2.75) is 108 Å². The van der Waals surface area contributed by atoms with Crippen molar-refractivity contribution < 1.29 is 42.1 Å². The number of amides is 3. The van der Waals surface area contributed by atoms with E-state index in [-0.39, 0.29) is 48.5 Å². The van der Waals surface area contributed by atoms with Crippen molar-refractivity contribution >= 4 is 34.4 Å². The molecule has 0 saturated carbocycles. The minimum absolute atomic E-state index is 0.0579. The number of ether oxygens (including phenoxy) is 2. The van der Waals surface area contributed by atoms with Gasteiger partial charge in [-0.05, 0) is 139 Å². The van der Waals surface area contributed by atoms with Crippen molar-refractivity contribution in [3.8, 4) is 11.5 Å². The van der Waals surface area contributed by atoms with Crippen LogP contribution < -0.4 is 20.1 Å². The molecule has 64 heavy (non-hydrogen) atoms. The minimum atomic E-state index is -3.35. The van der Waals surface area contributed by atoms with Gasteiger partial charge in [0.2, 0.25) is 11.8 Å². The molecule has 4 aliphatic heterocycles. The fourth-order valence-corrected chi connectivity index (χ4v) is 10.2. The summed E-state index contributed by atoms with van der Waals surface area (Å²) in [6.45, 7) is 7.42. The third kappa shape index (κ3) is 9.27. The number of carbonyl (C=O) groups is 3. The highest BCUT2D eigenvalue weighted by molar-refractivity contribution is 6.05. The average Bonchev–Trinajstić information content (AvgIpc) is 3.61. The molecule has 0 spiro atoms. The summed E-state index contributed by atoms with van der Waals surface area (Å²) in [4.78, 5) is 53.5. The number of likely N-dealkylation sites (tertiary alicyclic amines) is 2. The van der Waals surface area contributed by atoms with Gasteiger partial charge in [-0.15, -0.1) is 0 Å². The Morgan fingerprint density at radius 2 is 1.73 bits per heavy atom. The Morgan fingerprint density at radius 1 is 0.969 bits per heavy atom. The molecule has 0 aliphatic carbocycles. The van der Waals surface area contributed by atoms with Crippen LogP contribution in [0.1, 0.15) is 114 Å². The molecule has 2 unspecified atom stereocenters. The van der Waals surface area contributed by atoms with E-state index in [1.54, 1.807) is 26.4 Å². The standard InChI is InChI=1S/C48H58F3N7O6/c1-28(31-8-7-9-33(22-31)48(50,51)27-59)52-45-38-25-41(63-3)44(64-4)35(43(38)53-29(2)54-45)10-5-6-17-56-18-15-34(16-19-56)57-20-13-30(14-21-57)36-23-32-26-58(47(62)37(32)24-39(36)49)40-11-12-42(60)55-46(40)61/h7-9,22-25,28,30,34,40,59H,5-6,10-21,26-27H2,1-4H3,(H,52,53,54)(H,55,60,61). The van der Waals surface area contributed by atoms with Crippen LogP contribution in [0.25, 0.3) is 10.9 Å². The maximum absolute atomic E-state index is 15.6. The van der Waals surface area contributed by atoms with Crippen LogP contribution in [0.3, 0.4) is 0 Å². The largest absolute Gasteiger partial charge is 0.493 e. The van der Waals surface area contributed by atoms with Gasteiger partial charge >= 0.3 is 0 Å². The molecule has 3 N–H and O–H groups in total. The van der Waals surface area contributed by atoms with Gasteiger partial charge in [0.15, 0.2) is 11.5 Å². The number of nitrogens with zero attached hydrogens (tertiary/aromatic N) is 5. The molecular formula is C48H58F3N7O6. The first-order valence-corrected chi connectivity index (χ1v) is 22.5. The summed E-state index contributed by atoms with van der Waals surface area (Å²) >= 11 is 0. The molecule has 4 aliphatic rings. The van der Waals surface area contributed by atoms with E-state index < -0.39 is 30.5 Å². The molecular weight excluding hydrogens is 828 g/mol. The van der Waals surface area contributed by atoms with Crippen LogP contribution in [0.4, 0.5) is 19.0 Å². The molecule has 0 bridgehead atoms. The number of hydrogen-bond acceptors (Lipinski definition) is 11. The zero-order chi connectivity index (χ0) is 45.3.